The largest absolute Gasteiger partial charge is 0.417 e. The molecule has 0 saturated carbocycles. The molecule has 11 heteroatoms. The minimum atomic E-state index is -4.63. The summed E-state index contributed by atoms with van der Waals surface area (Å²) in [6.45, 7) is 2.81. The lowest BCUT2D eigenvalue weighted by Crippen LogP contribution is -2.37. The van der Waals surface area contributed by atoms with E-state index >= 15 is 0 Å². The van der Waals surface area contributed by atoms with Gasteiger partial charge >= 0.3 is 6.18 Å². The number of hydrogen-bond donors (Lipinski definition) is 3. The summed E-state index contributed by atoms with van der Waals surface area (Å²) in [6.07, 6.45) is -2.41. The average molecular weight is 454 g/mol. The highest BCUT2D eigenvalue weighted by Crippen LogP contribution is 2.37. The van der Waals surface area contributed by atoms with Gasteiger partial charge in [0, 0.05) is 25.0 Å². The van der Waals surface area contributed by atoms with Gasteiger partial charge in [0.2, 0.25) is 5.95 Å². The maximum Gasteiger partial charge on any atom is 0.417 e. The summed E-state index contributed by atoms with van der Waals surface area (Å²) in [6, 6.07) is 3.39. The third kappa shape index (κ3) is 4.31. The van der Waals surface area contributed by atoms with E-state index in [9.17, 15) is 23.1 Å². The second kappa shape index (κ2) is 8.01. The first kappa shape index (κ1) is 21.4. The molecule has 0 unspecified atom stereocenters. The lowest BCUT2D eigenvalue weighted by molar-refractivity contribution is -0.137. The normalized spacial score (nSPS) is 15.5. The fourth-order valence-corrected chi connectivity index (χ4v) is 3.74. The van der Waals surface area contributed by atoms with Crippen LogP contribution in [0.3, 0.4) is 0 Å². The fourth-order valence-electron chi connectivity index (χ4n) is 3.52. The van der Waals surface area contributed by atoms with Gasteiger partial charge in [0.25, 0.3) is 5.56 Å². The molecule has 0 bridgehead atoms. The molecule has 2 aromatic heterocycles. The molecule has 1 aliphatic heterocycles. The molecule has 31 heavy (non-hydrogen) atoms. The first-order valence-electron chi connectivity index (χ1n) is 9.60. The molecule has 3 aromatic rings. The number of aryl methyl sites for hydroxylation is 1. The van der Waals surface area contributed by atoms with Crippen LogP contribution in [0.15, 0.2) is 29.2 Å². The number of pyridine rings is 1. The molecule has 7 nitrogen and oxygen atoms in total. The highest BCUT2D eigenvalue weighted by atomic mass is 35.5. The number of aromatic nitrogens is 3. The maximum atomic E-state index is 13.3. The smallest absolute Gasteiger partial charge is 0.393 e. The van der Waals surface area contributed by atoms with Crippen molar-refractivity contribution < 1.29 is 18.3 Å². The zero-order chi connectivity index (χ0) is 22.3. The van der Waals surface area contributed by atoms with Crippen molar-refractivity contribution in [2.45, 2.75) is 32.0 Å². The Labute approximate surface area is 179 Å². The van der Waals surface area contributed by atoms with E-state index in [-0.39, 0.29) is 16.9 Å². The molecule has 164 valence electrons. The number of nitrogens with one attached hydrogen (secondary N) is 2. The Hall–Kier alpha value is -2.85. The summed E-state index contributed by atoms with van der Waals surface area (Å²) in [4.78, 5) is 26.0. The van der Waals surface area contributed by atoms with Gasteiger partial charge < -0.3 is 20.3 Å². The van der Waals surface area contributed by atoms with Crippen molar-refractivity contribution in [2.24, 2.45) is 0 Å². The molecule has 1 fully saturated rings. The van der Waals surface area contributed by atoms with Crippen molar-refractivity contribution in [1.29, 1.82) is 0 Å². The number of nitrogens with zero attached hydrogens (tertiary/aromatic N) is 3. The second-order valence-electron chi connectivity index (χ2n) is 7.43. The van der Waals surface area contributed by atoms with E-state index in [0.29, 0.717) is 43.0 Å². The van der Waals surface area contributed by atoms with Gasteiger partial charge in [-0.05, 0) is 43.5 Å². The Kier molecular flexibility index (Phi) is 5.52. The maximum absolute atomic E-state index is 13.3. The Morgan fingerprint density at radius 1 is 1.26 bits per heavy atom. The summed E-state index contributed by atoms with van der Waals surface area (Å²) < 4.78 is 39.8. The number of rotatable bonds is 3. The van der Waals surface area contributed by atoms with E-state index in [1.165, 1.54) is 12.3 Å². The predicted molar refractivity (Wildman–Crippen MR) is 112 cm³/mol. The molecule has 1 aromatic carbocycles. The van der Waals surface area contributed by atoms with Crippen LogP contribution >= 0.6 is 11.6 Å². The van der Waals surface area contributed by atoms with E-state index in [1.807, 2.05) is 4.90 Å². The van der Waals surface area contributed by atoms with Gasteiger partial charge in [0.05, 0.1) is 22.2 Å². The van der Waals surface area contributed by atoms with Crippen molar-refractivity contribution >= 4 is 40.0 Å². The molecule has 0 atom stereocenters. The predicted octanol–water partition coefficient (Wildman–Crippen LogP) is 4.00. The van der Waals surface area contributed by atoms with Crippen LogP contribution in [0.2, 0.25) is 5.02 Å². The number of piperidine rings is 1. The first-order valence-corrected chi connectivity index (χ1v) is 9.98. The molecule has 1 aliphatic rings. The van der Waals surface area contributed by atoms with E-state index in [4.69, 9.17) is 11.6 Å². The lowest BCUT2D eigenvalue weighted by atomic mass is 10.1. The molecule has 0 amide bonds. The molecular formula is C20H19ClF3N5O2. The van der Waals surface area contributed by atoms with E-state index in [2.05, 4.69) is 20.3 Å². The Bertz CT molecular complexity index is 1190. The Morgan fingerprint density at radius 2 is 1.97 bits per heavy atom. The third-order valence-corrected chi connectivity index (χ3v) is 5.53. The molecular weight excluding hydrogens is 435 g/mol. The minimum absolute atomic E-state index is 0.0812. The van der Waals surface area contributed by atoms with Crippen molar-refractivity contribution in [2.75, 3.05) is 23.3 Å². The van der Waals surface area contributed by atoms with Gasteiger partial charge in [-0.3, -0.25) is 4.79 Å². The quantitative estimate of drug-likeness (QED) is 0.555. The van der Waals surface area contributed by atoms with Crippen LogP contribution in [-0.4, -0.2) is 39.3 Å². The summed E-state index contributed by atoms with van der Waals surface area (Å²) in [7, 11) is 0. The summed E-state index contributed by atoms with van der Waals surface area (Å²) in [5.74, 6) is 0.423. The van der Waals surface area contributed by atoms with Crippen molar-refractivity contribution in [1.82, 2.24) is 15.0 Å². The SMILES string of the molecule is Cc1c[nH]c(=O)c2c(Nc3ccc(Cl)c(C(F)(F)F)c3)nc(N3CCC(O)CC3)nc12. The van der Waals surface area contributed by atoms with Gasteiger partial charge in [-0.1, -0.05) is 11.6 Å². The van der Waals surface area contributed by atoms with Crippen molar-refractivity contribution in [3.63, 3.8) is 0 Å². The highest BCUT2D eigenvalue weighted by molar-refractivity contribution is 6.31. The summed E-state index contributed by atoms with van der Waals surface area (Å²) in [5, 5.41) is 12.3. The highest BCUT2D eigenvalue weighted by Gasteiger charge is 2.33. The number of fused-ring (bicyclic) bond motifs is 1. The molecule has 0 spiro atoms. The van der Waals surface area contributed by atoms with E-state index in [1.54, 1.807) is 6.92 Å². The van der Waals surface area contributed by atoms with Crippen LogP contribution in [0.5, 0.6) is 0 Å². The number of H-pyrrole nitrogens is 1. The van der Waals surface area contributed by atoms with Gasteiger partial charge in [-0.25, -0.2) is 4.98 Å². The molecule has 3 heterocycles. The molecule has 1 saturated heterocycles. The number of aliphatic hydroxyl groups is 1. The average Bonchev–Trinajstić information content (AvgIpc) is 2.71. The third-order valence-electron chi connectivity index (χ3n) is 5.20. The van der Waals surface area contributed by atoms with Crippen LogP contribution in [-0.2, 0) is 6.18 Å². The minimum Gasteiger partial charge on any atom is -0.393 e. The lowest BCUT2D eigenvalue weighted by Gasteiger charge is -2.30. The summed E-state index contributed by atoms with van der Waals surface area (Å²) >= 11 is 5.71. The fraction of sp³-hybridized carbons (Fsp3) is 0.350. The van der Waals surface area contributed by atoms with Crippen LogP contribution < -0.4 is 15.8 Å². The van der Waals surface area contributed by atoms with Crippen molar-refractivity contribution in [3.8, 4) is 0 Å². The first-order chi connectivity index (χ1) is 14.6. The van der Waals surface area contributed by atoms with Gasteiger partial charge in [-0.15, -0.1) is 0 Å². The monoisotopic (exact) mass is 453 g/mol. The zero-order valence-corrected chi connectivity index (χ0v) is 17.2. The van der Waals surface area contributed by atoms with Crippen LogP contribution in [0, 0.1) is 6.92 Å². The topological polar surface area (TPSA) is 94.1 Å². The number of aromatic amines is 1. The number of benzene rings is 1. The molecule has 4 rings (SSSR count). The Balaban J connectivity index is 1.83. The molecule has 0 radical (unpaired) electrons. The number of anilines is 3. The number of hydrogen-bond acceptors (Lipinski definition) is 6. The molecule has 0 aliphatic carbocycles. The van der Waals surface area contributed by atoms with Crippen molar-refractivity contribution in [3.05, 3.63) is 50.9 Å². The van der Waals surface area contributed by atoms with Crippen LogP contribution in [0.25, 0.3) is 10.9 Å². The standard InChI is InChI=1S/C20H19ClF3N5O2/c1-10-9-25-18(31)15-16(10)27-19(29-6-4-12(30)5-7-29)28-17(15)26-11-2-3-14(21)13(8-11)20(22,23)24/h2-3,8-9,12,30H,4-7H2,1H3,(H,25,31)(H,26,27,28). The number of halogens is 4. The van der Waals surface area contributed by atoms with E-state index in [0.717, 1.165) is 12.1 Å². The Morgan fingerprint density at radius 3 is 2.65 bits per heavy atom. The van der Waals surface area contributed by atoms with Crippen LogP contribution in [0.4, 0.5) is 30.6 Å². The van der Waals surface area contributed by atoms with Gasteiger partial charge in [0.1, 0.15) is 11.2 Å². The van der Waals surface area contributed by atoms with Gasteiger partial charge in [0.15, 0.2) is 0 Å². The van der Waals surface area contributed by atoms with Crippen LogP contribution in [0.1, 0.15) is 24.0 Å². The van der Waals surface area contributed by atoms with Gasteiger partial charge in [-0.2, -0.15) is 18.2 Å². The summed E-state index contributed by atoms with van der Waals surface area (Å²) in [5.41, 5.74) is -0.294. The number of alkyl halides is 3. The second-order valence-corrected chi connectivity index (χ2v) is 7.84. The zero-order valence-electron chi connectivity index (χ0n) is 16.4. The van der Waals surface area contributed by atoms with E-state index < -0.39 is 28.4 Å². The molecule has 3 N–H and O–H groups in total. The number of aliphatic hydroxyl groups excluding tert-OH is 1.